The lowest BCUT2D eigenvalue weighted by Gasteiger charge is -2.31. The predicted molar refractivity (Wildman–Crippen MR) is 132 cm³/mol. The predicted octanol–water partition coefficient (Wildman–Crippen LogP) is 4.44. The average Bonchev–Trinajstić information content (AvgIpc) is 2.85. The Labute approximate surface area is 205 Å². The Bertz CT molecular complexity index is 1130. The highest BCUT2D eigenvalue weighted by atomic mass is 35.5. The molecule has 2 aliphatic rings. The van der Waals surface area contributed by atoms with Crippen molar-refractivity contribution in [1.82, 2.24) is 9.62 Å². The zero-order chi connectivity index (χ0) is 24.1. The van der Waals surface area contributed by atoms with Crippen molar-refractivity contribution in [3.63, 3.8) is 0 Å². The van der Waals surface area contributed by atoms with Gasteiger partial charge in [0.15, 0.2) is 0 Å². The number of nitrogens with zero attached hydrogens (tertiary/aromatic N) is 1. The molecule has 2 amide bonds. The molecule has 4 rings (SSSR count). The lowest BCUT2D eigenvalue weighted by Crippen LogP contribution is -2.43. The number of nitrogens with one attached hydrogen (secondary N) is 2. The fraction of sp³-hybridized carbons (Fsp3) is 0.440. The molecule has 2 fully saturated rings. The minimum Gasteiger partial charge on any atom is -0.349 e. The van der Waals surface area contributed by atoms with Crippen molar-refractivity contribution in [2.75, 3.05) is 18.4 Å². The van der Waals surface area contributed by atoms with Crippen LogP contribution in [0, 0.1) is 5.92 Å². The van der Waals surface area contributed by atoms with Gasteiger partial charge in [-0.05, 0) is 62.1 Å². The van der Waals surface area contributed by atoms with E-state index < -0.39 is 15.9 Å². The molecule has 0 spiro atoms. The molecule has 34 heavy (non-hydrogen) atoms. The Morgan fingerprint density at radius 1 is 0.912 bits per heavy atom. The SMILES string of the molecule is O=C(NC1CCCCC1)c1ccccc1NC(=O)[C@H]1CCCN(S(=O)(=O)c2ccc(Cl)cc2)C1. The molecule has 2 N–H and O–H groups in total. The lowest BCUT2D eigenvalue weighted by atomic mass is 9.95. The van der Waals surface area contributed by atoms with E-state index in [1.165, 1.54) is 35.0 Å². The second kappa shape index (κ2) is 10.9. The van der Waals surface area contributed by atoms with Crippen LogP contribution in [0.15, 0.2) is 53.4 Å². The highest BCUT2D eigenvalue weighted by Gasteiger charge is 2.33. The largest absolute Gasteiger partial charge is 0.349 e. The zero-order valence-electron chi connectivity index (χ0n) is 19.0. The van der Waals surface area contributed by atoms with Crippen LogP contribution in [0.3, 0.4) is 0 Å². The van der Waals surface area contributed by atoms with E-state index in [9.17, 15) is 18.0 Å². The van der Waals surface area contributed by atoms with Gasteiger partial charge in [0.2, 0.25) is 15.9 Å². The second-order valence-corrected chi connectivity index (χ2v) is 11.4. The quantitative estimate of drug-likeness (QED) is 0.609. The summed E-state index contributed by atoms with van der Waals surface area (Å²) in [6.45, 7) is 0.447. The van der Waals surface area contributed by atoms with E-state index in [4.69, 9.17) is 11.6 Å². The molecule has 1 saturated heterocycles. The molecule has 0 unspecified atom stereocenters. The molecule has 182 valence electrons. The molecular weight excluding hydrogens is 474 g/mol. The van der Waals surface area contributed by atoms with Crippen molar-refractivity contribution in [3.8, 4) is 0 Å². The summed E-state index contributed by atoms with van der Waals surface area (Å²) in [4.78, 5) is 26.2. The molecule has 7 nitrogen and oxygen atoms in total. The number of carbonyl (C=O) groups excluding carboxylic acids is 2. The third-order valence-corrected chi connectivity index (χ3v) is 8.71. The fourth-order valence-corrected chi connectivity index (χ4v) is 6.32. The van der Waals surface area contributed by atoms with Gasteiger partial charge in [-0.25, -0.2) is 8.42 Å². The van der Waals surface area contributed by atoms with Gasteiger partial charge in [0.05, 0.1) is 22.1 Å². The van der Waals surface area contributed by atoms with Crippen LogP contribution in [0.2, 0.25) is 5.02 Å². The summed E-state index contributed by atoms with van der Waals surface area (Å²) in [7, 11) is -3.73. The van der Waals surface area contributed by atoms with Crippen LogP contribution in [0.1, 0.15) is 55.3 Å². The molecule has 0 radical (unpaired) electrons. The van der Waals surface area contributed by atoms with Gasteiger partial charge in [-0.15, -0.1) is 0 Å². The third-order valence-electron chi connectivity index (χ3n) is 6.58. The maximum atomic E-state index is 13.1. The second-order valence-electron chi connectivity index (χ2n) is 9.00. The number of carbonyl (C=O) groups is 2. The standard InChI is InChI=1S/C25H30ClN3O4S/c26-19-12-14-21(15-13-19)34(32,33)29-16-6-7-18(17-29)24(30)28-23-11-5-4-10-22(23)25(31)27-20-8-2-1-3-9-20/h4-5,10-15,18,20H,1-3,6-9,16-17H2,(H,27,31)(H,28,30)/t18-/m0/s1. The van der Waals surface area contributed by atoms with Crippen LogP contribution in [-0.4, -0.2) is 43.7 Å². The highest BCUT2D eigenvalue weighted by molar-refractivity contribution is 7.89. The molecule has 0 bridgehead atoms. The van der Waals surface area contributed by atoms with Crippen molar-refractivity contribution >= 4 is 39.1 Å². The summed E-state index contributed by atoms with van der Waals surface area (Å²) < 4.78 is 27.5. The number of amides is 2. The number of halogens is 1. The Hall–Kier alpha value is -2.42. The van der Waals surface area contributed by atoms with Crippen LogP contribution in [-0.2, 0) is 14.8 Å². The van der Waals surface area contributed by atoms with Gasteiger partial charge in [-0.1, -0.05) is 43.0 Å². The first-order valence-corrected chi connectivity index (χ1v) is 13.6. The van der Waals surface area contributed by atoms with Crippen molar-refractivity contribution in [3.05, 3.63) is 59.1 Å². The van der Waals surface area contributed by atoms with Crippen molar-refractivity contribution < 1.29 is 18.0 Å². The van der Waals surface area contributed by atoms with E-state index >= 15 is 0 Å². The highest BCUT2D eigenvalue weighted by Crippen LogP contribution is 2.26. The van der Waals surface area contributed by atoms with Gasteiger partial charge in [0.25, 0.3) is 5.91 Å². The van der Waals surface area contributed by atoms with E-state index in [-0.39, 0.29) is 29.3 Å². The number of rotatable bonds is 6. The fourth-order valence-electron chi connectivity index (χ4n) is 4.67. The normalized spacial score (nSPS) is 20.0. The number of sulfonamides is 1. The van der Waals surface area contributed by atoms with Gasteiger partial charge in [0, 0.05) is 24.2 Å². The summed E-state index contributed by atoms with van der Waals surface area (Å²) in [5.41, 5.74) is 0.862. The van der Waals surface area contributed by atoms with Gasteiger partial charge >= 0.3 is 0 Å². The average molecular weight is 504 g/mol. The molecule has 1 aliphatic carbocycles. The van der Waals surface area contributed by atoms with Gasteiger partial charge in [-0.3, -0.25) is 9.59 Å². The minimum absolute atomic E-state index is 0.0905. The van der Waals surface area contributed by atoms with Crippen molar-refractivity contribution in [1.29, 1.82) is 0 Å². The number of para-hydroxylation sites is 1. The van der Waals surface area contributed by atoms with Crippen molar-refractivity contribution in [2.45, 2.75) is 55.9 Å². The zero-order valence-corrected chi connectivity index (χ0v) is 20.6. The van der Waals surface area contributed by atoms with Crippen LogP contribution >= 0.6 is 11.6 Å². The molecule has 2 aromatic carbocycles. The Balaban J connectivity index is 1.43. The Kier molecular flexibility index (Phi) is 7.91. The Morgan fingerprint density at radius 2 is 1.62 bits per heavy atom. The minimum atomic E-state index is -3.73. The summed E-state index contributed by atoms with van der Waals surface area (Å²) in [6.07, 6.45) is 6.52. The van der Waals surface area contributed by atoms with Crippen LogP contribution in [0.5, 0.6) is 0 Å². The molecule has 0 aromatic heterocycles. The third kappa shape index (κ3) is 5.79. The topological polar surface area (TPSA) is 95.6 Å². The first kappa shape index (κ1) is 24.7. The van der Waals surface area contributed by atoms with E-state index in [0.717, 1.165) is 25.7 Å². The van der Waals surface area contributed by atoms with E-state index in [0.29, 0.717) is 35.7 Å². The maximum Gasteiger partial charge on any atom is 0.253 e. The monoisotopic (exact) mass is 503 g/mol. The molecule has 2 aromatic rings. The van der Waals surface area contributed by atoms with E-state index in [2.05, 4.69) is 10.6 Å². The molecule has 1 heterocycles. The summed E-state index contributed by atoms with van der Waals surface area (Å²) in [5, 5.41) is 6.43. The number of piperidine rings is 1. The van der Waals surface area contributed by atoms with Crippen LogP contribution in [0.4, 0.5) is 5.69 Å². The summed E-state index contributed by atoms with van der Waals surface area (Å²) in [6, 6.07) is 13.1. The van der Waals surface area contributed by atoms with Crippen molar-refractivity contribution in [2.24, 2.45) is 5.92 Å². The first-order valence-electron chi connectivity index (χ1n) is 11.8. The van der Waals surface area contributed by atoms with Crippen LogP contribution in [0.25, 0.3) is 0 Å². The number of hydrogen-bond donors (Lipinski definition) is 2. The summed E-state index contributed by atoms with van der Waals surface area (Å²) in [5.74, 6) is -0.988. The number of hydrogen-bond acceptors (Lipinski definition) is 4. The Morgan fingerprint density at radius 3 is 2.35 bits per heavy atom. The molecule has 1 atom stereocenters. The molecule has 9 heteroatoms. The lowest BCUT2D eigenvalue weighted by molar-refractivity contribution is -0.120. The molecular formula is C25H30ClN3O4S. The maximum absolute atomic E-state index is 13.1. The van der Waals surface area contributed by atoms with Crippen LogP contribution < -0.4 is 10.6 Å². The van der Waals surface area contributed by atoms with E-state index in [1.807, 2.05) is 0 Å². The molecule has 1 aliphatic heterocycles. The number of benzene rings is 2. The number of anilines is 1. The van der Waals surface area contributed by atoms with Gasteiger partial charge in [0.1, 0.15) is 0 Å². The first-order chi connectivity index (χ1) is 16.3. The van der Waals surface area contributed by atoms with Gasteiger partial charge < -0.3 is 10.6 Å². The van der Waals surface area contributed by atoms with Gasteiger partial charge in [-0.2, -0.15) is 4.31 Å². The summed E-state index contributed by atoms with van der Waals surface area (Å²) >= 11 is 5.89. The molecule has 1 saturated carbocycles. The van der Waals surface area contributed by atoms with E-state index in [1.54, 1.807) is 24.3 Å². The smallest absolute Gasteiger partial charge is 0.253 e.